The smallest absolute Gasteiger partial charge is 0.104 e. The van der Waals surface area contributed by atoms with Gasteiger partial charge in [-0.2, -0.15) is 0 Å². The number of benzene rings is 8. The van der Waals surface area contributed by atoms with Crippen molar-refractivity contribution in [2.24, 2.45) is 0 Å². The molecular weight excluding hydrogens is 619 g/mol. The first-order valence-corrected chi connectivity index (χ1v) is 17.7. The number of aromatic nitrogens is 1. The van der Waals surface area contributed by atoms with Gasteiger partial charge in [0, 0.05) is 22.2 Å². The number of nitrogens with one attached hydrogen (secondary N) is 2. The minimum Gasteiger partial charge on any atom is -0.366 e. The van der Waals surface area contributed by atoms with E-state index in [9.17, 15) is 0 Å². The molecule has 51 heavy (non-hydrogen) atoms. The van der Waals surface area contributed by atoms with Crippen molar-refractivity contribution < 1.29 is 0 Å². The van der Waals surface area contributed by atoms with Crippen LogP contribution in [-0.4, -0.2) is 4.57 Å². The fourth-order valence-electron chi connectivity index (χ4n) is 7.97. The van der Waals surface area contributed by atoms with Crippen LogP contribution in [0.1, 0.15) is 28.9 Å². The first-order valence-electron chi connectivity index (χ1n) is 17.7. The molecule has 2 N–H and O–H groups in total. The molecule has 1 aliphatic rings. The van der Waals surface area contributed by atoms with Crippen LogP contribution in [0, 0.1) is 0 Å². The van der Waals surface area contributed by atoms with Crippen LogP contribution in [0.3, 0.4) is 0 Å². The maximum atomic E-state index is 3.88. The Kier molecular flexibility index (Phi) is 7.04. The number of fused-ring (bicyclic) bond motifs is 7. The molecule has 0 saturated heterocycles. The average Bonchev–Trinajstić information content (AvgIpc) is 3.57. The van der Waals surface area contributed by atoms with E-state index in [1.807, 2.05) is 0 Å². The Morgan fingerprint density at radius 1 is 0.412 bits per heavy atom. The summed E-state index contributed by atoms with van der Waals surface area (Å²) in [5, 5.41) is 15.4. The number of hydrogen-bond acceptors (Lipinski definition) is 2. The third-order valence-corrected chi connectivity index (χ3v) is 10.5. The van der Waals surface area contributed by atoms with Gasteiger partial charge in [-0.15, -0.1) is 0 Å². The zero-order valence-corrected chi connectivity index (χ0v) is 28.0. The first-order chi connectivity index (χ1) is 25.3. The van der Waals surface area contributed by atoms with Crippen LogP contribution < -0.4 is 10.6 Å². The highest BCUT2D eigenvalue weighted by atomic mass is 15.2. The van der Waals surface area contributed by atoms with Gasteiger partial charge in [0.05, 0.1) is 17.1 Å². The SMILES string of the molecule is C1=C(c2ccc(-c3ccccc3)cc2)NC(c2ccccc2)NC1c1ccc(-n2c3ccc4ccccc4c3c3c4ccccc4ccc32)cc1. The predicted octanol–water partition coefficient (Wildman–Crippen LogP) is 11.7. The molecule has 242 valence electrons. The Balaban J connectivity index is 1.07. The summed E-state index contributed by atoms with van der Waals surface area (Å²) >= 11 is 0. The van der Waals surface area contributed by atoms with Crippen LogP contribution in [0.25, 0.3) is 65.9 Å². The molecule has 0 saturated carbocycles. The maximum Gasteiger partial charge on any atom is 0.104 e. The summed E-state index contributed by atoms with van der Waals surface area (Å²) in [5.74, 6) is 0. The predicted molar refractivity (Wildman–Crippen MR) is 214 cm³/mol. The van der Waals surface area contributed by atoms with Crippen LogP contribution in [0.15, 0.2) is 188 Å². The van der Waals surface area contributed by atoms with Gasteiger partial charge in [-0.25, -0.2) is 0 Å². The summed E-state index contributed by atoms with van der Waals surface area (Å²) < 4.78 is 2.44. The normalized spacial score (nSPS) is 16.0. The van der Waals surface area contributed by atoms with Gasteiger partial charge >= 0.3 is 0 Å². The summed E-state index contributed by atoms with van der Waals surface area (Å²) in [6.07, 6.45) is 2.29. The quantitative estimate of drug-likeness (QED) is 0.194. The van der Waals surface area contributed by atoms with Gasteiger partial charge in [-0.3, -0.25) is 5.32 Å². The summed E-state index contributed by atoms with van der Waals surface area (Å²) in [4.78, 5) is 0. The van der Waals surface area contributed by atoms with Crippen molar-refractivity contribution in [3.63, 3.8) is 0 Å². The van der Waals surface area contributed by atoms with E-state index in [2.05, 4.69) is 203 Å². The lowest BCUT2D eigenvalue weighted by Gasteiger charge is -2.33. The van der Waals surface area contributed by atoms with E-state index in [-0.39, 0.29) is 12.2 Å². The van der Waals surface area contributed by atoms with Crippen LogP contribution >= 0.6 is 0 Å². The van der Waals surface area contributed by atoms with Gasteiger partial charge in [-0.1, -0.05) is 158 Å². The minimum absolute atomic E-state index is 0.0142. The molecule has 1 aliphatic heterocycles. The summed E-state index contributed by atoms with van der Waals surface area (Å²) in [6.45, 7) is 0. The lowest BCUT2D eigenvalue weighted by atomic mass is 9.97. The summed E-state index contributed by atoms with van der Waals surface area (Å²) in [5.41, 5.74) is 10.7. The van der Waals surface area contributed by atoms with Crippen molar-refractivity contribution in [3.8, 4) is 16.8 Å². The van der Waals surface area contributed by atoms with Crippen LogP contribution in [0.4, 0.5) is 0 Å². The van der Waals surface area contributed by atoms with E-state index in [4.69, 9.17) is 0 Å². The lowest BCUT2D eigenvalue weighted by molar-refractivity contribution is 0.442. The highest BCUT2D eigenvalue weighted by molar-refractivity contribution is 6.28. The minimum atomic E-state index is -0.0384. The standard InChI is InChI=1S/C48H35N3/c1-3-11-32(12-4-1)33-19-21-36(22-20-33)42-31-43(50-48(49-42)38-15-5-2-6-16-38)37-23-27-39(28-24-37)51-44-29-25-34-13-7-9-17-40(34)46(44)47-41-18-10-8-14-35(41)26-30-45(47)51/h1-31,43,48-50H. The first kappa shape index (κ1) is 29.5. The molecule has 1 aromatic heterocycles. The third-order valence-electron chi connectivity index (χ3n) is 10.5. The van der Waals surface area contributed by atoms with Crippen molar-refractivity contribution in [1.82, 2.24) is 15.2 Å². The molecule has 0 spiro atoms. The zero-order valence-electron chi connectivity index (χ0n) is 28.0. The molecule has 0 radical (unpaired) electrons. The van der Waals surface area contributed by atoms with Gasteiger partial charge in [0.15, 0.2) is 0 Å². The van der Waals surface area contributed by atoms with E-state index >= 15 is 0 Å². The summed E-state index contributed by atoms with van der Waals surface area (Å²) in [7, 11) is 0. The molecule has 2 unspecified atom stereocenters. The molecule has 8 aromatic carbocycles. The van der Waals surface area contributed by atoms with Crippen molar-refractivity contribution >= 4 is 49.0 Å². The number of rotatable bonds is 5. The fourth-order valence-corrected chi connectivity index (χ4v) is 7.97. The van der Waals surface area contributed by atoms with Gasteiger partial charge < -0.3 is 9.88 Å². The molecule has 2 heterocycles. The highest BCUT2D eigenvalue weighted by Gasteiger charge is 2.25. The molecule has 3 nitrogen and oxygen atoms in total. The Bertz CT molecular complexity index is 2630. The van der Waals surface area contributed by atoms with Gasteiger partial charge in [0.25, 0.3) is 0 Å². The topological polar surface area (TPSA) is 29.0 Å². The van der Waals surface area contributed by atoms with E-state index in [1.54, 1.807) is 0 Å². The van der Waals surface area contributed by atoms with E-state index in [0.717, 1.165) is 11.4 Å². The Morgan fingerprint density at radius 3 is 1.57 bits per heavy atom. The van der Waals surface area contributed by atoms with Crippen LogP contribution in [0.2, 0.25) is 0 Å². The fraction of sp³-hybridized carbons (Fsp3) is 0.0417. The monoisotopic (exact) mass is 653 g/mol. The highest BCUT2D eigenvalue weighted by Crippen LogP contribution is 2.41. The van der Waals surface area contributed by atoms with E-state index < -0.39 is 0 Å². The second-order valence-electron chi connectivity index (χ2n) is 13.4. The Morgan fingerprint density at radius 2 is 0.941 bits per heavy atom. The Labute approximate surface area is 297 Å². The lowest BCUT2D eigenvalue weighted by Crippen LogP contribution is -2.39. The molecule has 0 amide bonds. The molecule has 2 atom stereocenters. The van der Waals surface area contributed by atoms with Gasteiger partial charge in [-0.05, 0) is 79.7 Å². The zero-order chi connectivity index (χ0) is 33.7. The van der Waals surface area contributed by atoms with Crippen molar-refractivity contribution in [3.05, 3.63) is 205 Å². The van der Waals surface area contributed by atoms with E-state index in [1.165, 1.54) is 71.2 Å². The van der Waals surface area contributed by atoms with Crippen LogP contribution in [-0.2, 0) is 0 Å². The van der Waals surface area contributed by atoms with Crippen molar-refractivity contribution in [2.75, 3.05) is 0 Å². The van der Waals surface area contributed by atoms with Crippen LogP contribution in [0.5, 0.6) is 0 Å². The molecule has 0 aliphatic carbocycles. The number of nitrogens with zero attached hydrogens (tertiary/aromatic N) is 1. The molecular formula is C48H35N3. The maximum absolute atomic E-state index is 3.88. The Hall–Kier alpha value is -6.42. The van der Waals surface area contributed by atoms with Gasteiger partial charge in [0.2, 0.25) is 0 Å². The average molecular weight is 654 g/mol. The molecule has 10 rings (SSSR count). The second kappa shape index (κ2) is 12.2. The van der Waals surface area contributed by atoms with Crippen molar-refractivity contribution in [1.29, 1.82) is 0 Å². The van der Waals surface area contributed by atoms with Gasteiger partial charge in [0.1, 0.15) is 6.17 Å². The number of hydrogen-bond donors (Lipinski definition) is 2. The summed E-state index contributed by atoms with van der Waals surface area (Å²) in [6, 6.07) is 65.8. The molecule has 9 aromatic rings. The largest absolute Gasteiger partial charge is 0.366 e. The molecule has 0 bridgehead atoms. The van der Waals surface area contributed by atoms with Crippen molar-refractivity contribution in [2.45, 2.75) is 12.2 Å². The third kappa shape index (κ3) is 5.10. The second-order valence-corrected chi connectivity index (χ2v) is 13.4. The molecule has 0 fully saturated rings. The van der Waals surface area contributed by atoms with E-state index in [0.29, 0.717) is 0 Å². The molecule has 3 heteroatoms.